The van der Waals surface area contributed by atoms with Crippen LogP contribution in [0.3, 0.4) is 0 Å². The normalized spacial score (nSPS) is 12.4. The van der Waals surface area contributed by atoms with Crippen molar-refractivity contribution in [1.29, 1.82) is 0 Å². The summed E-state index contributed by atoms with van der Waals surface area (Å²) >= 11 is 0. The molecule has 0 aromatic rings. The molecule has 0 aliphatic heterocycles. The Morgan fingerprint density at radius 3 is 0.782 bits per heavy atom. The molecule has 2 atom stereocenters. The van der Waals surface area contributed by atoms with Crippen LogP contribution >= 0.6 is 0 Å². The first-order valence-electron chi connectivity index (χ1n) is 36.3. The fourth-order valence-corrected chi connectivity index (χ4v) is 11.9. The number of ether oxygens (including phenoxy) is 1. The van der Waals surface area contributed by atoms with Crippen molar-refractivity contribution < 1.29 is 24.5 Å². The molecule has 0 bridgehead atoms. The highest BCUT2D eigenvalue weighted by Crippen LogP contribution is 2.20. The van der Waals surface area contributed by atoms with Crippen LogP contribution in [0.4, 0.5) is 0 Å². The molecule has 0 aromatic heterocycles. The number of hydrogen-bond donors (Lipinski definition) is 3. The minimum Gasteiger partial charge on any atom is -0.466 e. The monoisotopic (exact) mass is 1100 g/mol. The van der Waals surface area contributed by atoms with Crippen molar-refractivity contribution in [3.63, 3.8) is 0 Å². The number of nitrogens with one attached hydrogen (secondary N) is 1. The average molecular weight is 1100 g/mol. The van der Waals surface area contributed by atoms with Crippen LogP contribution in [-0.4, -0.2) is 47.4 Å². The number of carbonyl (C=O) groups excluding carboxylic acids is 2. The molecule has 0 fully saturated rings. The zero-order valence-corrected chi connectivity index (χ0v) is 53.4. The van der Waals surface area contributed by atoms with Crippen molar-refractivity contribution in [2.75, 3.05) is 13.2 Å². The summed E-state index contributed by atoms with van der Waals surface area (Å²) in [6.07, 6.45) is 83.1. The molecule has 0 aliphatic carbocycles. The molecular formula is C72H143NO5. The largest absolute Gasteiger partial charge is 0.466 e. The van der Waals surface area contributed by atoms with E-state index in [4.69, 9.17) is 4.74 Å². The van der Waals surface area contributed by atoms with Crippen LogP contribution in [0.1, 0.15) is 425 Å². The van der Waals surface area contributed by atoms with Crippen molar-refractivity contribution in [2.45, 2.75) is 437 Å². The Hall–Kier alpha value is -1.14. The van der Waals surface area contributed by atoms with Gasteiger partial charge in [-0.2, -0.15) is 0 Å². The lowest BCUT2D eigenvalue weighted by atomic mass is 10.0. The first kappa shape index (κ1) is 76.9. The molecule has 0 aromatic carbocycles. The lowest BCUT2D eigenvalue weighted by Crippen LogP contribution is -2.45. The van der Waals surface area contributed by atoms with Gasteiger partial charge >= 0.3 is 5.97 Å². The molecule has 6 heteroatoms. The number of hydrogen-bond acceptors (Lipinski definition) is 5. The molecule has 1 amide bonds. The molecule has 6 nitrogen and oxygen atoms in total. The summed E-state index contributed by atoms with van der Waals surface area (Å²) in [4.78, 5) is 24.6. The minimum absolute atomic E-state index is 0.0249. The van der Waals surface area contributed by atoms with Crippen LogP contribution in [0.25, 0.3) is 0 Å². The minimum atomic E-state index is -0.660. The van der Waals surface area contributed by atoms with E-state index in [0.717, 1.165) is 38.5 Å². The number of aliphatic hydroxyl groups excluding tert-OH is 2. The van der Waals surface area contributed by atoms with Gasteiger partial charge < -0.3 is 20.3 Å². The molecule has 0 spiro atoms. The third-order valence-corrected chi connectivity index (χ3v) is 17.4. The van der Waals surface area contributed by atoms with Crippen molar-refractivity contribution in [3.8, 4) is 0 Å². The third kappa shape index (κ3) is 64.0. The number of rotatable bonds is 69. The highest BCUT2D eigenvalue weighted by Gasteiger charge is 2.20. The lowest BCUT2D eigenvalue weighted by Gasteiger charge is -2.22. The molecule has 2 unspecified atom stereocenters. The first-order chi connectivity index (χ1) is 38.5. The Kier molecular flexibility index (Phi) is 67.4. The molecule has 3 N–H and O–H groups in total. The van der Waals surface area contributed by atoms with E-state index in [0.29, 0.717) is 25.9 Å². The number of aliphatic hydroxyl groups is 2. The van der Waals surface area contributed by atoms with Gasteiger partial charge in [0.1, 0.15) is 0 Å². The second-order valence-electron chi connectivity index (χ2n) is 25.3. The predicted octanol–water partition coefficient (Wildman–Crippen LogP) is 23.4. The molecule has 0 radical (unpaired) electrons. The van der Waals surface area contributed by atoms with Crippen LogP contribution in [0.5, 0.6) is 0 Å². The highest BCUT2D eigenvalue weighted by atomic mass is 16.5. The zero-order chi connectivity index (χ0) is 56.4. The van der Waals surface area contributed by atoms with Gasteiger partial charge in [0.25, 0.3) is 0 Å². The van der Waals surface area contributed by atoms with Gasteiger partial charge in [-0.05, 0) is 25.7 Å². The Balaban J connectivity index is 3.30. The standard InChI is InChI=1S/C72H143NO5/c1-3-5-7-9-11-13-15-17-19-20-31-35-38-42-46-50-54-58-62-66-72(77)78-67-63-59-55-51-47-43-39-36-33-30-28-26-24-22-21-23-25-27-29-32-34-37-41-45-49-53-57-61-65-71(76)73-69(68-74)70(75)64-60-56-52-48-44-40-18-16-14-12-10-8-6-4-2/h69-70,74-75H,3-68H2,1-2H3,(H,73,76). The molecule has 0 aliphatic rings. The van der Waals surface area contributed by atoms with E-state index in [1.54, 1.807) is 0 Å². The van der Waals surface area contributed by atoms with E-state index in [1.165, 1.54) is 353 Å². The summed E-state index contributed by atoms with van der Waals surface area (Å²) in [5.41, 5.74) is 0. The van der Waals surface area contributed by atoms with E-state index in [9.17, 15) is 19.8 Å². The van der Waals surface area contributed by atoms with Gasteiger partial charge in [0, 0.05) is 12.8 Å². The van der Waals surface area contributed by atoms with Crippen LogP contribution in [-0.2, 0) is 14.3 Å². The number of esters is 1. The van der Waals surface area contributed by atoms with Crippen molar-refractivity contribution in [2.24, 2.45) is 0 Å². The van der Waals surface area contributed by atoms with Gasteiger partial charge in [0.2, 0.25) is 5.91 Å². The van der Waals surface area contributed by atoms with E-state index in [-0.39, 0.29) is 18.5 Å². The van der Waals surface area contributed by atoms with Gasteiger partial charge in [0.05, 0.1) is 25.4 Å². The molecule has 0 saturated heterocycles. The van der Waals surface area contributed by atoms with E-state index in [1.807, 2.05) is 0 Å². The molecular weight excluding hydrogens is 959 g/mol. The van der Waals surface area contributed by atoms with Gasteiger partial charge in [-0.3, -0.25) is 9.59 Å². The number of amides is 1. The Labute approximate surface area is 489 Å². The van der Waals surface area contributed by atoms with E-state index < -0.39 is 12.1 Å². The van der Waals surface area contributed by atoms with Crippen LogP contribution < -0.4 is 5.32 Å². The van der Waals surface area contributed by atoms with Crippen molar-refractivity contribution in [1.82, 2.24) is 5.32 Å². The third-order valence-electron chi connectivity index (χ3n) is 17.4. The van der Waals surface area contributed by atoms with Crippen molar-refractivity contribution in [3.05, 3.63) is 0 Å². The maximum Gasteiger partial charge on any atom is 0.305 e. The summed E-state index contributed by atoms with van der Waals surface area (Å²) in [6, 6.07) is -0.537. The Bertz CT molecular complexity index is 1130. The maximum atomic E-state index is 12.5. The average Bonchev–Trinajstić information content (AvgIpc) is 3.44. The van der Waals surface area contributed by atoms with Gasteiger partial charge in [-0.1, -0.05) is 386 Å². The molecule has 466 valence electrons. The fourth-order valence-electron chi connectivity index (χ4n) is 11.9. The quantitative estimate of drug-likeness (QED) is 0.0417. The summed E-state index contributed by atoms with van der Waals surface area (Å²) in [7, 11) is 0. The van der Waals surface area contributed by atoms with E-state index in [2.05, 4.69) is 19.2 Å². The smallest absolute Gasteiger partial charge is 0.305 e. The van der Waals surface area contributed by atoms with E-state index >= 15 is 0 Å². The lowest BCUT2D eigenvalue weighted by molar-refractivity contribution is -0.143. The Morgan fingerprint density at radius 1 is 0.308 bits per heavy atom. The molecule has 78 heavy (non-hydrogen) atoms. The van der Waals surface area contributed by atoms with Gasteiger partial charge in [-0.25, -0.2) is 0 Å². The van der Waals surface area contributed by atoms with Gasteiger partial charge in [0.15, 0.2) is 0 Å². The second-order valence-corrected chi connectivity index (χ2v) is 25.3. The molecule has 0 saturated carbocycles. The summed E-state index contributed by atoms with van der Waals surface area (Å²) in [6.45, 7) is 5.00. The van der Waals surface area contributed by atoms with Crippen LogP contribution in [0.2, 0.25) is 0 Å². The molecule has 0 heterocycles. The second kappa shape index (κ2) is 68.4. The van der Waals surface area contributed by atoms with Crippen LogP contribution in [0, 0.1) is 0 Å². The first-order valence-corrected chi connectivity index (χ1v) is 36.3. The van der Waals surface area contributed by atoms with Crippen LogP contribution in [0.15, 0.2) is 0 Å². The highest BCUT2D eigenvalue weighted by molar-refractivity contribution is 5.76. The predicted molar refractivity (Wildman–Crippen MR) is 343 cm³/mol. The van der Waals surface area contributed by atoms with Crippen molar-refractivity contribution >= 4 is 11.9 Å². The summed E-state index contributed by atoms with van der Waals surface area (Å²) in [5, 5.41) is 23.3. The topological polar surface area (TPSA) is 95.9 Å². The summed E-state index contributed by atoms with van der Waals surface area (Å²) in [5.74, 6) is -0.00339. The zero-order valence-electron chi connectivity index (χ0n) is 53.4. The fraction of sp³-hybridized carbons (Fsp3) is 0.972. The number of carbonyl (C=O) groups is 2. The summed E-state index contributed by atoms with van der Waals surface area (Å²) < 4.78 is 5.52. The van der Waals surface area contributed by atoms with Gasteiger partial charge in [-0.15, -0.1) is 0 Å². The SMILES string of the molecule is CCCCCCCCCCCCCCCCCCCCCC(=O)OCCCCCCCCCCCCCCCCCCCCCCCCCCCCCCC(=O)NC(CO)C(O)CCCCCCCCCCCCCCCC. The number of unbranched alkanes of at least 4 members (excludes halogenated alkanes) is 58. The maximum absolute atomic E-state index is 12.5. The Morgan fingerprint density at radius 2 is 0.526 bits per heavy atom. The molecule has 0 rings (SSSR count).